The molecule has 6 heteroatoms. The summed E-state index contributed by atoms with van der Waals surface area (Å²) in [4.78, 5) is 22.5. The molecule has 1 aromatic rings. The molecule has 3 rings (SSSR count). The van der Waals surface area contributed by atoms with Crippen molar-refractivity contribution in [2.45, 2.75) is 51.7 Å². The number of rotatable bonds is 3. The second-order valence-electron chi connectivity index (χ2n) is 6.16. The van der Waals surface area contributed by atoms with E-state index in [9.17, 15) is 14.7 Å². The number of carbonyl (C=O) groups excluding carboxylic acids is 1. The summed E-state index contributed by atoms with van der Waals surface area (Å²) in [5.41, 5.74) is 1.72. The van der Waals surface area contributed by atoms with Gasteiger partial charge in [0.15, 0.2) is 0 Å². The van der Waals surface area contributed by atoms with Crippen LogP contribution in [0.2, 0.25) is 0 Å². The van der Waals surface area contributed by atoms with Crippen LogP contribution >= 0.6 is 0 Å². The van der Waals surface area contributed by atoms with Gasteiger partial charge in [0.05, 0.1) is 0 Å². The maximum absolute atomic E-state index is 11.7. The number of fused-ring (bicyclic) bond motifs is 2. The van der Waals surface area contributed by atoms with E-state index in [1.807, 2.05) is 13.8 Å². The van der Waals surface area contributed by atoms with Gasteiger partial charge >= 0.3 is 11.9 Å². The summed E-state index contributed by atoms with van der Waals surface area (Å²) in [6, 6.07) is 0. The molecule has 0 radical (unpaired) electrons. The lowest BCUT2D eigenvalue weighted by Crippen LogP contribution is -2.37. The molecule has 0 spiro atoms. The summed E-state index contributed by atoms with van der Waals surface area (Å²) in [6.45, 7) is 3.85. The van der Waals surface area contributed by atoms with Crippen LogP contribution < -0.4 is 4.74 Å². The van der Waals surface area contributed by atoms with Gasteiger partial charge in [-0.3, -0.25) is 4.79 Å². The van der Waals surface area contributed by atoms with Gasteiger partial charge in [-0.1, -0.05) is 0 Å². The van der Waals surface area contributed by atoms with Crippen molar-refractivity contribution in [1.82, 2.24) is 0 Å². The number of cyclic esters (lactones) is 1. The quantitative estimate of drug-likeness (QED) is 0.832. The zero-order valence-electron chi connectivity index (χ0n) is 12.6. The monoisotopic (exact) mass is 306 g/mol. The second-order valence-corrected chi connectivity index (χ2v) is 6.16. The molecule has 0 unspecified atom stereocenters. The second kappa shape index (κ2) is 4.90. The molecule has 0 aliphatic carbocycles. The zero-order chi connectivity index (χ0) is 16.1. The molecule has 0 saturated carbocycles. The lowest BCUT2D eigenvalue weighted by atomic mass is 9.85. The van der Waals surface area contributed by atoms with Crippen LogP contribution in [0.25, 0.3) is 0 Å². The van der Waals surface area contributed by atoms with Gasteiger partial charge in [-0.2, -0.15) is 0 Å². The highest BCUT2D eigenvalue weighted by molar-refractivity contribution is 5.98. The van der Waals surface area contributed by atoms with Crippen LogP contribution in [0.3, 0.4) is 0 Å². The van der Waals surface area contributed by atoms with Crippen LogP contribution in [0.4, 0.5) is 0 Å². The molecule has 0 aromatic heterocycles. The van der Waals surface area contributed by atoms with Crippen molar-refractivity contribution in [1.29, 1.82) is 0 Å². The molecule has 6 nitrogen and oxygen atoms in total. The molecular weight excluding hydrogens is 288 g/mol. The maximum atomic E-state index is 11.7. The molecule has 2 N–H and O–H groups in total. The van der Waals surface area contributed by atoms with Crippen molar-refractivity contribution in [3.63, 3.8) is 0 Å². The van der Waals surface area contributed by atoms with Crippen molar-refractivity contribution >= 4 is 11.9 Å². The van der Waals surface area contributed by atoms with Gasteiger partial charge < -0.3 is 19.7 Å². The van der Waals surface area contributed by atoms with E-state index in [0.29, 0.717) is 36.1 Å². The molecule has 0 amide bonds. The molecule has 2 heterocycles. The first-order valence-corrected chi connectivity index (χ1v) is 7.27. The molecule has 0 fully saturated rings. The number of aliphatic carboxylic acids is 1. The van der Waals surface area contributed by atoms with Crippen molar-refractivity contribution in [3.05, 3.63) is 22.3 Å². The number of hydrogen-bond acceptors (Lipinski definition) is 5. The number of aromatic hydroxyl groups is 1. The highest BCUT2D eigenvalue weighted by atomic mass is 16.5. The van der Waals surface area contributed by atoms with E-state index in [2.05, 4.69) is 0 Å². The molecule has 2 aliphatic rings. The molecule has 1 atom stereocenters. The Morgan fingerprint density at radius 2 is 2.09 bits per heavy atom. The van der Waals surface area contributed by atoms with Crippen LogP contribution in [-0.2, 0) is 22.6 Å². The summed E-state index contributed by atoms with van der Waals surface area (Å²) in [5.74, 6) is -0.854. The minimum Gasteiger partial charge on any atom is -0.507 e. The number of esters is 1. The number of hydrogen-bond donors (Lipinski definition) is 2. The van der Waals surface area contributed by atoms with E-state index in [-0.39, 0.29) is 24.3 Å². The first-order valence-electron chi connectivity index (χ1n) is 7.27. The molecule has 1 aromatic carbocycles. The average Bonchev–Trinajstić information content (AvgIpc) is 2.85. The Balaban J connectivity index is 2.00. The highest BCUT2D eigenvalue weighted by Gasteiger charge is 2.39. The highest BCUT2D eigenvalue weighted by Crippen LogP contribution is 2.47. The van der Waals surface area contributed by atoms with Crippen LogP contribution in [0.5, 0.6) is 11.5 Å². The van der Waals surface area contributed by atoms with Gasteiger partial charge in [-0.15, -0.1) is 0 Å². The Kier molecular flexibility index (Phi) is 3.27. The Hall–Kier alpha value is -2.24. The molecule has 22 heavy (non-hydrogen) atoms. The topological polar surface area (TPSA) is 93.1 Å². The van der Waals surface area contributed by atoms with E-state index < -0.39 is 17.5 Å². The zero-order valence-corrected chi connectivity index (χ0v) is 12.6. The smallest absolute Gasteiger partial charge is 0.342 e. The Morgan fingerprint density at radius 1 is 1.36 bits per heavy atom. The van der Waals surface area contributed by atoms with Crippen molar-refractivity contribution < 1.29 is 29.3 Å². The van der Waals surface area contributed by atoms with Gasteiger partial charge in [0.1, 0.15) is 29.3 Å². The summed E-state index contributed by atoms with van der Waals surface area (Å²) < 4.78 is 11.1. The Bertz CT molecular complexity index is 678. The molecule has 2 aliphatic heterocycles. The lowest BCUT2D eigenvalue weighted by molar-refractivity contribution is -0.138. The summed E-state index contributed by atoms with van der Waals surface area (Å²) >= 11 is 0. The Morgan fingerprint density at radius 3 is 2.77 bits per heavy atom. The minimum atomic E-state index is -0.858. The van der Waals surface area contributed by atoms with Crippen LogP contribution in [0.15, 0.2) is 0 Å². The fraction of sp³-hybridized carbons (Fsp3) is 0.500. The lowest BCUT2D eigenvalue weighted by Gasteiger charge is -2.37. The van der Waals surface area contributed by atoms with Crippen LogP contribution in [-0.4, -0.2) is 27.8 Å². The van der Waals surface area contributed by atoms with Crippen molar-refractivity contribution in [3.8, 4) is 11.5 Å². The number of phenolic OH excluding ortho intramolecular Hbond substituents is 1. The van der Waals surface area contributed by atoms with Crippen LogP contribution in [0.1, 0.15) is 53.2 Å². The third-order valence-electron chi connectivity index (χ3n) is 4.56. The summed E-state index contributed by atoms with van der Waals surface area (Å²) in [5, 5.41) is 19.2. The minimum absolute atomic E-state index is 0.0312. The standard InChI is InChI=1S/C16H18O6/c1-8-10-7-21-15(20)12(10)13(19)9-3-5-16(2,22-14(8)9)6-4-11(17)18/h19H,3-7H2,1-2H3,(H,17,18)/t16-/m1/s1. The summed E-state index contributed by atoms with van der Waals surface area (Å²) in [7, 11) is 0. The number of carboxylic acids is 1. The van der Waals surface area contributed by atoms with E-state index in [0.717, 1.165) is 5.56 Å². The van der Waals surface area contributed by atoms with Gasteiger partial charge in [0.25, 0.3) is 0 Å². The number of carboxylic acid groups (broad SMARTS) is 1. The van der Waals surface area contributed by atoms with E-state index in [4.69, 9.17) is 14.6 Å². The number of carbonyl (C=O) groups is 2. The third-order valence-corrected chi connectivity index (χ3v) is 4.56. The number of benzene rings is 1. The number of phenols is 1. The first kappa shape index (κ1) is 14.7. The van der Waals surface area contributed by atoms with E-state index >= 15 is 0 Å². The third kappa shape index (κ3) is 2.19. The number of ether oxygens (including phenoxy) is 2. The van der Waals surface area contributed by atoms with Gasteiger partial charge in [-0.05, 0) is 38.7 Å². The van der Waals surface area contributed by atoms with Gasteiger partial charge in [-0.25, -0.2) is 4.79 Å². The predicted octanol–water partition coefficient (Wildman–Crippen LogP) is 2.32. The fourth-order valence-electron chi connectivity index (χ4n) is 3.17. The van der Waals surface area contributed by atoms with Crippen molar-refractivity contribution in [2.75, 3.05) is 0 Å². The average molecular weight is 306 g/mol. The molecule has 118 valence electrons. The normalized spacial score (nSPS) is 22.5. The first-order chi connectivity index (χ1) is 10.3. The van der Waals surface area contributed by atoms with E-state index in [1.54, 1.807) is 0 Å². The van der Waals surface area contributed by atoms with Gasteiger partial charge in [0.2, 0.25) is 0 Å². The van der Waals surface area contributed by atoms with Crippen LogP contribution in [0, 0.1) is 6.92 Å². The maximum Gasteiger partial charge on any atom is 0.342 e. The summed E-state index contributed by atoms with van der Waals surface area (Å²) in [6.07, 6.45) is 1.56. The Labute approximate surface area is 127 Å². The molecule has 0 bridgehead atoms. The molecule has 0 saturated heterocycles. The molecular formula is C16H18O6. The fourth-order valence-corrected chi connectivity index (χ4v) is 3.17. The SMILES string of the molecule is Cc1c2c(c(O)c3c1O[C@@](C)(CCC(=O)O)CC3)C(=O)OC2. The predicted molar refractivity (Wildman–Crippen MR) is 76.2 cm³/mol. The van der Waals surface area contributed by atoms with E-state index in [1.165, 1.54) is 0 Å². The largest absolute Gasteiger partial charge is 0.507 e. The van der Waals surface area contributed by atoms with Gasteiger partial charge in [0, 0.05) is 17.5 Å². The van der Waals surface area contributed by atoms with Crippen molar-refractivity contribution in [2.24, 2.45) is 0 Å².